The van der Waals surface area contributed by atoms with Gasteiger partial charge in [0.2, 0.25) is 0 Å². The first-order valence-corrected chi connectivity index (χ1v) is 30.5. The third-order valence-corrected chi connectivity index (χ3v) is 17.2. The van der Waals surface area contributed by atoms with Crippen molar-refractivity contribution in [3.63, 3.8) is 0 Å². The van der Waals surface area contributed by atoms with E-state index in [2.05, 4.69) is 6.58 Å². The lowest BCUT2D eigenvalue weighted by molar-refractivity contribution is -0.130. The first-order valence-electron chi connectivity index (χ1n) is 30.5. The molecule has 6 aromatic heterocycles. The molecule has 0 unspecified atom stereocenters. The fraction of sp³-hybridized carbons (Fsp3) is 0.159. The minimum Gasteiger partial charge on any atom is -0.508 e. The molecule has 24 heteroatoms. The topological polar surface area (TPSA) is 309 Å². The Balaban J connectivity index is 0.000000217. The molecule has 0 aliphatic heterocycles. The standard InChI is InChI=1S/C28H20N2O7.C24H16N2O6.C24H16N2O5.6CH4/c1-14(2)28(35)37-23-11-18(8-5-15(23)3)36-17-9-6-16(7-10-17)30-26(33)21-12-19-20(13-22(21)27(30)34)25(32)29(4)24(19)31;1-12-3-6-15(9-20(12)27)32-14-7-4-13(5-8-14)26-23(30)18-10-16-17(11-19(18)24(26)31)22(29)25(2)21(16)28;1-13-3-7-15(8-4-13)31-16-9-5-14(6-10-16)26-23(29)19-11-17-18(12-20(19)24(26)30)22(28)25(2)21(17)27;;;;;;/h5-13H,1H2,2-4H3;3-11,27H,1-2H3;3-12H,1-2H3;6*1H4. The van der Waals surface area contributed by atoms with Crippen LogP contribution in [0.1, 0.15) is 68.2 Å². The number of aromatic hydroxyl groups is 1. The molecule has 0 spiro atoms. The molecule has 0 fully saturated rings. The lowest BCUT2D eigenvalue weighted by atomic mass is 10.1. The highest BCUT2D eigenvalue weighted by Crippen LogP contribution is 2.31. The largest absolute Gasteiger partial charge is 0.508 e. The molecule has 0 aliphatic rings. The molecule has 542 valence electrons. The van der Waals surface area contributed by atoms with Gasteiger partial charge in [-0.25, -0.2) is 18.5 Å². The van der Waals surface area contributed by atoms with Gasteiger partial charge in [-0.05, 0) is 172 Å². The Bertz CT molecular complexity index is 6450. The zero-order valence-corrected chi connectivity index (χ0v) is 53.9. The van der Waals surface area contributed by atoms with E-state index in [1.807, 2.05) is 31.2 Å². The van der Waals surface area contributed by atoms with Crippen LogP contribution in [0.2, 0.25) is 0 Å². The molecule has 6 heterocycles. The molecule has 0 saturated carbocycles. The summed E-state index contributed by atoms with van der Waals surface area (Å²) in [4.78, 5) is 163. The quantitative estimate of drug-likeness (QED) is 0.0714. The molecule has 0 atom stereocenters. The third kappa shape index (κ3) is 13.8. The summed E-state index contributed by atoms with van der Waals surface area (Å²) in [6.07, 6.45) is 0. The van der Waals surface area contributed by atoms with Crippen molar-refractivity contribution in [2.24, 2.45) is 21.1 Å². The number of hydrogen-bond acceptors (Lipinski definition) is 18. The predicted molar refractivity (Wildman–Crippen MR) is 418 cm³/mol. The third-order valence-electron chi connectivity index (χ3n) is 17.2. The molecule has 24 nitrogen and oxygen atoms in total. The van der Waals surface area contributed by atoms with Crippen LogP contribution in [0.5, 0.6) is 46.0 Å². The molecular weight excluding hydrogens is 1360 g/mol. The van der Waals surface area contributed by atoms with Crippen molar-refractivity contribution in [1.82, 2.24) is 27.4 Å². The molecule has 9 aromatic carbocycles. The van der Waals surface area contributed by atoms with Crippen LogP contribution in [-0.2, 0) is 25.9 Å². The van der Waals surface area contributed by atoms with Crippen molar-refractivity contribution in [3.05, 3.63) is 323 Å². The Kier molecular flexibility index (Phi) is 22.8. The average Bonchev–Trinajstić information content (AvgIpc) is 1.60. The summed E-state index contributed by atoms with van der Waals surface area (Å²) in [6, 6.07) is 44.6. The lowest BCUT2D eigenvalue weighted by Crippen LogP contribution is -2.23. The number of nitrogens with zero attached hydrogens (tertiary/aromatic N) is 6. The smallest absolute Gasteiger partial charge is 0.338 e. The number of esters is 1. The van der Waals surface area contributed by atoms with Gasteiger partial charge in [0.15, 0.2) is 0 Å². The Morgan fingerprint density at radius 1 is 0.311 bits per heavy atom. The first-order chi connectivity index (χ1) is 47.7. The number of phenols is 1. The molecule has 1 N–H and O–H groups in total. The van der Waals surface area contributed by atoms with Crippen molar-refractivity contribution in [2.75, 3.05) is 0 Å². The highest BCUT2D eigenvalue weighted by molar-refractivity contribution is 6.00. The molecule has 0 saturated heterocycles. The summed E-state index contributed by atoms with van der Waals surface area (Å²) in [5.41, 5.74) is -2.56. The van der Waals surface area contributed by atoms with Crippen LogP contribution in [0, 0.1) is 20.8 Å². The summed E-state index contributed by atoms with van der Waals surface area (Å²) in [5.74, 6) is 2.86. The number of benzene rings is 9. The molecule has 0 amide bonds. The van der Waals surface area contributed by atoms with Crippen molar-refractivity contribution >= 4 is 70.6 Å². The number of hydrogen-bond donors (Lipinski definition) is 1. The van der Waals surface area contributed by atoms with E-state index in [4.69, 9.17) is 18.9 Å². The number of fused-ring (bicyclic) bond motifs is 6. The van der Waals surface area contributed by atoms with Gasteiger partial charge in [0.25, 0.3) is 66.7 Å². The molecule has 15 aromatic rings. The van der Waals surface area contributed by atoms with E-state index in [0.717, 1.165) is 44.1 Å². The van der Waals surface area contributed by atoms with Crippen molar-refractivity contribution in [2.45, 2.75) is 72.3 Å². The second-order valence-electron chi connectivity index (χ2n) is 23.8. The normalized spacial score (nSPS) is 10.7. The van der Waals surface area contributed by atoms with E-state index in [1.54, 1.807) is 124 Å². The van der Waals surface area contributed by atoms with Gasteiger partial charge in [0, 0.05) is 38.8 Å². The Hall–Kier alpha value is -13.8. The maximum absolute atomic E-state index is 13.1. The van der Waals surface area contributed by atoms with Gasteiger partial charge in [0.05, 0.1) is 81.7 Å². The molecule has 106 heavy (non-hydrogen) atoms. The number of carbonyl (C=O) groups excluding carboxylic acids is 1. The van der Waals surface area contributed by atoms with Gasteiger partial charge in [-0.2, -0.15) is 0 Å². The summed E-state index contributed by atoms with van der Waals surface area (Å²) in [5, 5.41) is 11.0. The maximum Gasteiger partial charge on any atom is 0.338 e. The van der Waals surface area contributed by atoms with Crippen LogP contribution in [-0.4, -0.2) is 38.5 Å². The van der Waals surface area contributed by atoms with Gasteiger partial charge in [-0.15, -0.1) is 0 Å². The van der Waals surface area contributed by atoms with E-state index < -0.39 is 72.7 Å². The van der Waals surface area contributed by atoms with Crippen LogP contribution in [0.4, 0.5) is 0 Å². The molecule has 0 aliphatic carbocycles. The number of carbonyl (C=O) groups is 1. The minimum absolute atomic E-state index is 0. The summed E-state index contributed by atoms with van der Waals surface area (Å²) < 4.78 is 28.6. The molecular formula is C82H76N6O18. The predicted octanol–water partition coefficient (Wildman–Crippen LogP) is 11.6. The van der Waals surface area contributed by atoms with Crippen molar-refractivity contribution in [1.29, 1.82) is 0 Å². The Morgan fingerprint density at radius 2 is 0.538 bits per heavy atom. The number of aryl methyl sites for hydroxylation is 3. The van der Waals surface area contributed by atoms with E-state index in [-0.39, 0.29) is 121 Å². The first kappa shape index (κ1) is 79.6. The highest BCUT2D eigenvalue weighted by atomic mass is 16.5. The van der Waals surface area contributed by atoms with Crippen molar-refractivity contribution in [3.8, 4) is 63.1 Å². The number of phenolic OH excluding ortho intramolecular Hbond substituents is 1. The second-order valence-corrected chi connectivity index (χ2v) is 23.8. The van der Waals surface area contributed by atoms with Gasteiger partial charge in [-0.3, -0.25) is 71.2 Å². The van der Waals surface area contributed by atoms with Gasteiger partial charge in [-0.1, -0.05) is 81.0 Å². The fourth-order valence-corrected chi connectivity index (χ4v) is 11.6. The SMILES string of the molecule is C.C.C.C.C.C.C=C(C)C(=O)Oc1cc(Oc2ccc(-n3c(=O)c4cc5c(=O)n(C)c(=O)c5cc4c3=O)cc2)ccc1C.Cc1ccc(Oc2ccc(-n3c(=O)c4cc5c(=O)n(C)c(=O)c5cc4c3=O)cc2)cc1.Cc1ccc(Oc2ccc(-n3c(=O)c4cc5c(=O)n(C)c(=O)c5cc4c3=O)cc2)cc1O. The van der Waals surface area contributed by atoms with Gasteiger partial charge >= 0.3 is 5.97 Å². The number of ether oxygens (including phenoxy) is 4. The fourth-order valence-electron chi connectivity index (χ4n) is 11.6. The molecule has 15 rings (SSSR count). The number of rotatable bonds is 11. The van der Waals surface area contributed by atoms with Gasteiger partial charge < -0.3 is 24.1 Å². The van der Waals surface area contributed by atoms with Gasteiger partial charge in [0.1, 0.15) is 46.0 Å². The molecule has 0 bridgehead atoms. The zero-order chi connectivity index (χ0) is 71.2. The number of aromatic nitrogens is 6. The average molecular weight is 1430 g/mol. The lowest BCUT2D eigenvalue weighted by Gasteiger charge is -2.11. The second kappa shape index (κ2) is 30.4. The summed E-state index contributed by atoms with van der Waals surface area (Å²) in [7, 11) is 4.07. The monoisotopic (exact) mass is 1430 g/mol. The van der Waals surface area contributed by atoms with E-state index in [0.29, 0.717) is 57.3 Å². The van der Waals surface area contributed by atoms with Crippen LogP contribution < -0.4 is 85.7 Å². The van der Waals surface area contributed by atoms with E-state index in [1.165, 1.54) is 63.6 Å². The maximum atomic E-state index is 13.1. The van der Waals surface area contributed by atoms with Crippen LogP contribution >= 0.6 is 0 Å². The van der Waals surface area contributed by atoms with Crippen molar-refractivity contribution < 1.29 is 28.8 Å². The Labute approximate surface area is 603 Å². The minimum atomic E-state index is -0.589. The van der Waals surface area contributed by atoms with E-state index >= 15 is 0 Å². The van der Waals surface area contributed by atoms with Crippen LogP contribution in [0.3, 0.4) is 0 Å². The van der Waals surface area contributed by atoms with Crippen LogP contribution in [0.15, 0.2) is 240 Å². The highest BCUT2D eigenvalue weighted by Gasteiger charge is 2.24. The molecule has 0 radical (unpaired) electrons. The Morgan fingerprint density at radius 3 is 0.802 bits per heavy atom. The summed E-state index contributed by atoms with van der Waals surface area (Å²) in [6.45, 7) is 10.7. The van der Waals surface area contributed by atoms with Crippen LogP contribution in [0.25, 0.3) is 81.7 Å². The van der Waals surface area contributed by atoms with E-state index in [9.17, 15) is 67.4 Å². The summed E-state index contributed by atoms with van der Waals surface area (Å²) >= 11 is 0. The zero-order valence-electron chi connectivity index (χ0n) is 53.9.